The molecule has 3 nitrogen and oxygen atoms in total. The predicted octanol–water partition coefficient (Wildman–Crippen LogP) is 2.93. The lowest BCUT2D eigenvalue weighted by Crippen LogP contribution is -2.27. The van der Waals surface area contributed by atoms with Crippen molar-refractivity contribution < 1.29 is 4.79 Å². The quantitative estimate of drug-likeness (QED) is 0.890. The molecule has 1 aromatic rings. The third-order valence-electron chi connectivity index (χ3n) is 3.00. The molecule has 0 saturated heterocycles. The van der Waals surface area contributed by atoms with Gasteiger partial charge in [-0.2, -0.15) is 0 Å². The zero-order valence-corrected chi connectivity index (χ0v) is 11.9. The van der Waals surface area contributed by atoms with Crippen LogP contribution in [0.4, 0.5) is 5.69 Å². The van der Waals surface area contributed by atoms with Crippen LogP contribution in [0.25, 0.3) is 0 Å². The minimum Gasteiger partial charge on any atom is -0.326 e. The summed E-state index contributed by atoms with van der Waals surface area (Å²) in [6.45, 7) is 6.94. The van der Waals surface area contributed by atoms with Gasteiger partial charge in [-0.25, -0.2) is 0 Å². The maximum atomic E-state index is 12.1. The van der Waals surface area contributed by atoms with Gasteiger partial charge in [0, 0.05) is 25.7 Å². The molecule has 100 valence electrons. The van der Waals surface area contributed by atoms with Crippen molar-refractivity contribution in [3.05, 3.63) is 29.8 Å². The summed E-state index contributed by atoms with van der Waals surface area (Å²) >= 11 is 0. The molecule has 1 amide bonds. The van der Waals surface area contributed by atoms with Crippen molar-refractivity contribution in [3.63, 3.8) is 0 Å². The molecule has 0 spiro atoms. The van der Waals surface area contributed by atoms with E-state index in [1.54, 1.807) is 4.90 Å². The van der Waals surface area contributed by atoms with Crippen molar-refractivity contribution >= 4 is 11.6 Å². The molecule has 1 aromatic carbocycles. The van der Waals surface area contributed by atoms with E-state index in [4.69, 9.17) is 5.73 Å². The van der Waals surface area contributed by atoms with Crippen molar-refractivity contribution in [1.29, 1.82) is 0 Å². The highest BCUT2D eigenvalue weighted by atomic mass is 16.2. The fraction of sp³-hybridized carbons (Fsp3) is 0.533. The van der Waals surface area contributed by atoms with Gasteiger partial charge >= 0.3 is 0 Å². The maximum absolute atomic E-state index is 12.1. The minimum atomic E-state index is 0.152. The minimum absolute atomic E-state index is 0.152. The van der Waals surface area contributed by atoms with Gasteiger partial charge in [-0.05, 0) is 29.5 Å². The zero-order chi connectivity index (χ0) is 13.8. The zero-order valence-electron chi connectivity index (χ0n) is 11.9. The topological polar surface area (TPSA) is 46.3 Å². The molecular formula is C15H24N2O. The van der Waals surface area contributed by atoms with E-state index in [2.05, 4.69) is 20.8 Å². The van der Waals surface area contributed by atoms with Gasteiger partial charge < -0.3 is 10.6 Å². The highest BCUT2D eigenvalue weighted by molar-refractivity contribution is 5.92. The normalized spacial score (nSPS) is 11.4. The molecule has 0 heterocycles. The van der Waals surface area contributed by atoms with Crippen LogP contribution >= 0.6 is 0 Å². The lowest BCUT2D eigenvalue weighted by atomic mass is 9.90. The number of hydrogen-bond acceptors (Lipinski definition) is 2. The molecule has 0 unspecified atom stereocenters. The first-order valence-electron chi connectivity index (χ1n) is 6.39. The van der Waals surface area contributed by atoms with Crippen LogP contribution in [-0.2, 0) is 11.3 Å². The van der Waals surface area contributed by atoms with E-state index in [0.717, 1.165) is 17.7 Å². The van der Waals surface area contributed by atoms with Crippen LogP contribution in [0.1, 0.15) is 39.2 Å². The highest BCUT2D eigenvalue weighted by Crippen LogP contribution is 2.22. The first kappa shape index (κ1) is 14.7. The number of carbonyl (C=O) groups excluding carboxylic acids is 1. The summed E-state index contributed by atoms with van der Waals surface area (Å²) in [4.78, 5) is 13.8. The Hall–Kier alpha value is -1.35. The molecule has 1 rings (SSSR count). The molecule has 0 saturated carbocycles. The Morgan fingerprint density at radius 3 is 2.56 bits per heavy atom. The molecule has 0 bridgehead atoms. The molecular weight excluding hydrogens is 224 g/mol. The number of hydrogen-bond donors (Lipinski definition) is 1. The molecule has 0 atom stereocenters. The summed E-state index contributed by atoms with van der Waals surface area (Å²) in [6.07, 6.45) is 1.47. The van der Waals surface area contributed by atoms with Gasteiger partial charge in [-0.3, -0.25) is 4.79 Å². The number of nitrogens with zero attached hydrogens (tertiary/aromatic N) is 1. The monoisotopic (exact) mass is 248 g/mol. The van der Waals surface area contributed by atoms with Crippen molar-refractivity contribution in [2.45, 2.75) is 40.2 Å². The Morgan fingerprint density at radius 1 is 1.33 bits per heavy atom. The third kappa shape index (κ3) is 4.49. The Bertz CT molecular complexity index is 407. The summed E-state index contributed by atoms with van der Waals surface area (Å²) in [5.74, 6) is 0.152. The van der Waals surface area contributed by atoms with Crippen LogP contribution in [-0.4, -0.2) is 13.0 Å². The van der Waals surface area contributed by atoms with Crippen molar-refractivity contribution in [2.24, 2.45) is 11.1 Å². The van der Waals surface area contributed by atoms with Crippen molar-refractivity contribution in [1.82, 2.24) is 0 Å². The average Bonchev–Trinajstić information content (AvgIpc) is 2.34. The third-order valence-corrected chi connectivity index (χ3v) is 3.00. The van der Waals surface area contributed by atoms with Gasteiger partial charge in [-0.1, -0.05) is 32.9 Å². The second-order valence-corrected chi connectivity index (χ2v) is 5.89. The van der Waals surface area contributed by atoms with E-state index in [-0.39, 0.29) is 11.3 Å². The summed E-state index contributed by atoms with van der Waals surface area (Å²) in [5.41, 5.74) is 7.76. The van der Waals surface area contributed by atoms with Crippen molar-refractivity contribution in [2.75, 3.05) is 11.9 Å². The number of rotatable bonds is 4. The number of carbonyl (C=O) groups is 1. The van der Waals surface area contributed by atoms with Crippen molar-refractivity contribution in [3.8, 4) is 0 Å². The van der Waals surface area contributed by atoms with E-state index in [9.17, 15) is 4.79 Å². The van der Waals surface area contributed by atoms with Crippen LogP contribution in [0.2, 0.25) is 0 Å². The molecule has 0 aliphatic heterocycles. The van der Waals surface area contributed by atoms with E-state index in [0.29, 0.717) is 13.0 Å². The molecule has 0 aromatic heterocycles. The first-order valence-corrected chi connectivity index (χ1v) is 6.39. The summed E-state index contributed by atoms with van der Waals surface area (Å²) < 4.78 is 0. The molecule has 0 aliphatic carbocycles. The molecule has 3 heteroatoms. The van der Waals surface area contributed by atoms with Crippen LogP contribution in [0, 0.1) is 5.41 Å². The van der Waals surface area contributed by atoms with E-state index < -0.39 is 0 Å². The van der Waals surface area contributed by atoms with Gasteiger partial charge in [0.2, 0.25) is 5.91 Å². The Morgan fingerprint density at radius 2 is 2.00 bits per heavy atom. The van der Waals surface area contributed by atoms with Gasteiger partial charge in [0.15, 0.2) is 0 Å². The lowest BCUT2D eigenvalue weighted by molar-refractivity contribution is -0.118. The molecule has 18 heavy (non-hydrogen) atoms. The van der Waals surface area contributed by atoms with E-state index >= 15 is 0 Å². The van der Waals surface area contributed by atoms with Crippen LogP contribution < -0.4 is 10.6 Å². The Labute approximate surface area is 110 Å². The van der Waals surface area contributed by atoms with E-state index in [1.807, 2.05) is 31.3 Å². The van der Waals surface area contributed by atoms with E-state index in [1.165, 1.54) is 0 Å². The van der Waals surface area contributed by atoms with Gasteiger partial charge in [-0.15, -0.1) is 0 Å². The summed E-state index contributed by atoms with van der Waals surface area (Å²) in [6, 6.07) is 7.81. The van der Waals surface area contributed by atoms with Crippen LogP contribution in [0.3, 0.4) is 0 Å². The maximum Gasteiger partial charge on any atom is 0.226 e. The van der Waals surface area contributed by atoms with Gasteiger partial charge in [0.1, 0.15) is 0 Å². The second kappa shape index (κ2) is 6.01. The first-order chi connectivity index (χ1) is 8.33. The Kier molecular flexibility index (Phi) is 4.91. The van der Waals surface area contributed by atoms with Crippen LogP contribution in [0.15, 0.2) is 24.3 Å². The summed E-state index contributed by atoms with van der Waals surface area (Å²) in [5, 5.41) is 0. The molecule has 0 aliphatic rings. The van der Waals surface area contributed by atoms with Gasteiger partial charge in [0.25, 0.3) is 0 Å². The fourth-order valence-electron chi connectivity index (χ4n) is 1.69. The number of anilines is 1. The average molecular weight is 248 g/mol. The number of amides is 1. The second-order valence-electron chi connectivity index (χ2n) is 5.89. The lowest BCUT2D eigenvalue weighted by Gasteiger charge is -2.22. The van der Waals surface area contributed by atoms with Gasteiger partial charge in [0.05, 0.1) is 0 Å². The largest absolute Gasteiger partial charge is 0.326 e. The Balaban J connectivity index is 2.68. The highest BCUT2D eigenvalue weighted by Gasteiger charge is 2.16. The smallest absolute Gasteiger partial charge is 0.226 e. The summed E-state index contributed by atoms with van der Waals surface area (Å²) in [7, 11) is 1.82. The number of benzene rings is 1. The molecule has 0 radical (unpaired) electrons. The SMILES string of the molecule is CN(C(=O)CCC(C)(C)C)c1cccc(CN)c1. The van der Waals surface area contributed by atoms with Crippen LogP contribution in [0.5, 0.6) is 0 Å². The number of nitrogens with two attached hydrogens (primary N) is 1. The standard InChI is InChI=1S/C15H24N2O/c1-15(2,3)9-8-14(18)17(4)13-7-5-6-12(10-13)11-16/h5-7,10H,8-9,11,16H2,1-4H3. The molecule has 0 fully saturated rings. The predicted molar refractivity (Wildman–Crippen MR) is 76.4 cm³/mol. The fourth-order valence-corrected chi connectivity index (χ4v) is 1.69. The molecule has 2 N–H and O–H groups in total.